The van der Waals surface area contributed by atoms with Crippen LogP contribution in [0.5, 0.6) is 0 Å². The van der Waals surface area contributed by atoms with E-state index in [1.807, 2.05) is 31.3 Å². The first kappa shape index (κ1) is 19.8. The topological polar surface area (TPSA) is 108 Å². The Kier molecular flexibility index (Phi) is 5.33. The van der Waals surface area contributed by atoms with Crippen LogP contribution in [0.25, 0.3) is 0 Å². The van der Waals surface area contributed by atoms with Gasteiger partial charge in [0.1, 0.15) is 6.04 Å². The maximum Gasteiger partial charge on any atom is 0.264 e. The van der Waals surface area contributed by atoms with Crippen molar-refractivity contribution in [2.75, 3.05) is 12.4 Å². The molecule has 8 heteroatoms. The van der Waals surface area contributed by atoms with E-state index in [-0.39, 0.29) is 24.0 Å². The van der Waals surface area contributed by atoms with Crippen molar-refractivity contribution < 1.29 is 19.2 Å². The molecule has 30 heavy (non-hydrogen) atoms. The molecular weight excluding hydrogens is 384 g/mol. The highest BCUT2D eigenvalue weighted by Crippen LogP contribution is 2.32. The molecule has 2 aromatic carbocycles. The van der Waals surface area contributed by atoms with Crippen molar-refractivity contribution in [3.63, 3.8) is 0 Å². The quantitative estimate of drug-likeness (QED) is 0.627. The fraction of sp³-hybridized carbons (Fsp3) is 0.273. The van der Waals surface area contributed by atoms with Crippen LogP contribution in [0.3, 0.4) is 0 Å². The van der Waals surface area contributed by atoms with Gasteiger partial charge in [-0.2, -0.15) is 0 Å². The molecule has 0 aromatic heterocycles. The van der Waals surface area contributed by atoms with E-state index >= 15 is 0 Å². The zero-order chi connectivity index (χ0) is 21.3. The van der Waals surface area contributed by atoms with Gasteiger partial charge in [0.25, 0.3) is 11.8 Å². The number of amides is 4. The second-order valence-corrected chi connectivity index (χ2v) is 7.38. The summed E-state index contributed by atoms with van der Waals surface area (Å²) in [4.78, 5) is 50.5. The molecule has 1 atom stereocenters. The summed E-state index contributed by atoms with van der Waals surface area (Å²) < 4.78 is 0. The predicted molar refractivity (Wildman–Crippen MR) is 110 cm³/mol. The van der Waals surface area contributed by atoms with Gasteiger partial charge in [0, 0.05) is 25.2 Å². The van der Waals surface area contributed by atoms with Crippen LogP contribution >= 0.6 is 0 Å². The monoisotopic (exact) mass is 406 g/mol. The minimum Gasteiger partial charge on any atom is -0.380 e. The molecule has 8 nitrogen and oxygen atoms in total. The number of imide groups is 2. The van der Waals surface area contributed by atoms with Crippen LogP contribution < -0.4 is 16.0 Å². The van der Waals surface area contributed by atoms with Crippen molar-refractivity contribution in [2.45, 2.75) is 32.0 Å². The Hall–Kier alpha value is -3.52. The van der Waals surface area contributed by atoms with Crippen molar-refractivity contribution in [1.29, 1.82) is 0 Å². The number of hydrogen-bond acceptors (Lipinski definition) is 6. The van der Waals surface area contributed by atoms with E-state index in [9.17, 15) is 19.2 Å². The molecule has 2 aliphatic rings. The second-order valence-electron chi connectivity index (χ2n) is 7.38. The van der Waals surface area contributed by atoms with Gasteiger partial charge in [0.05, 0.1) is 11.1 Å². The van der Waals surface area contributed by atoms with E-state index in [4.69, 9.17) is 0 Å². The van der Waals surface area contributed by atoms with Crippen LogP contribution in [0.4, 0.5) is 5.69 Å². The molecule has 0 saturated carbocycles. The van der Waals surface area contributed by atoms with Gasteiger partial charge in [-0.05, 0) is 36.7 Å². The first-order valence-corrected chi connectivity index (χ1v) is 9.80. The molecule has 0 spiro atoms. The average Bonchev–Trinajstić information content (AvgIpc) is 2.99. The smallest absolute Gasteiger partial charge is 0.264 e. The largest absolute Gasteiger partial charge is 0.380 e. The van der Waals surface area contributed by atoms with Gasteiger partial charge in [-0.25, -0.2) is 0 Å². The van der Waals surface area contributed by atoms with Crippen LogP contribution in [0, 0.1) is 0 Å². The number of nitrogens with zero attached hydrogens (tertiary/aromatic N) is 1. The van der Waals surface area contributed by atoms with Gasteiger partial charge in [-0.1, -0.05) is 30.3 Å². The van der Waals surface area contributed by atoms with Gasteiger partial charge in [0.2, 0.25) is 11.8 Å². The molecule has 2 aromatic rings. The lowest BCUT2D eigenvalue weighted by Crippen LogP contribution is -2.54. The minimum absolute atomic E-state index is 0.0957. The molecule has 1 unspecified atom stereocenters. The average molecular weight is 406 g/mol. The SMILES string of the molecule is CNCc1ccc(CNc2cccc3c2C(=O)N(C2CCC(=O)NC2=O)C3=O)cc1. The second kappa shape index (κ2) is 8.08. The highest BCUT2D eigenvalue weighted by Gasteiger charge is 2.45. The summed E-state index contributed by atoms with van der Waals surface area (Å²) in [6, 6.07) is 12.1. The third-order valence-corrected chi connectivity index (χ3v) is 5.35. The van der Waals surface area contributed by atoms with Crippen molar-refractivity contribution >= 4 is 29.3 Å². The molecule has 154 valence electrons. The maximum absolute atomic E-state index is 13.1. The van der Waals surface area contributed by atoms with E-state index in [1.165, 1.54) is 5.56 Å². The standard InChI is InChI=1S/C22H22N4O4/c1-23-11-13-5-7-14(8-6-13)12-24-16-4-2-3-15-19(16)22(30)26(21(15)29)17-9-10-18(27)25-20(17)28/h2-8,17,23-24H,9-12H2,1H3,(H,25,27,28). The highest BCUT2D eigenvalue weighted by atomic mass is 16.2. The molecule has 1 fully saturated rings. The van der Waals surface area contributed by atoms with E-state index in [0.717, 1.165) is 17.0 Å². The number of benzene rings is 2. The minimum atomic E-state index is -0.970. The Morgan fingerprint density at radius 3 is 2.33 bits per heavy atom. The van der Waals surface area contributed by atoms with Crippen LogP contribution in [0.15, 0.2) is 42.5 Å². The zero-order valence-corrected chi connectivity index (χ0v) is 16.5. The number of piperidine rings is 1. The molecule has 4 amide bonds. The van der Waals surface area contributed by atoms with Crippen molar-refractivity contribution in [3.05, 3.63) is 64.7 Å². The van der Waals surface area contributed by atoms with Gasteiger partial charge in [0.15, 0.2) is 0 Å². The first-order chi connectivity index (χ1) is 14.5. The number of nitrogens with one attached hydrogen (secondary N) is 3. The summed E-state index contributed by atoms with van der Waals surface area (Å²) in [6.45, 7) is 1.27. The van der Waals surface area contributed by atoms with Gasteiger partial charge in [-0.15, -0.1) is 0 Å². The first-order valence-electron chi connectivity index (χ1n) is 9.80. The van der Waals surface area contributed by atoms with Crippen molar-refractivity contribution in [2.24, 2.45) is 0 Å². The fourth-order valence-electron chi connectivity index (χ4n) is 3.84. The number of anilines is 1. The molecule has 0 bridgehead atoms. The van der Waals surface area contributed by atoms with Crippen LogP contribution in [-0.4, -0.2) is 41.6 Å². The lowest BCUT2D eigenvalue weighted by molar-refractivity contribution is -0.136. The molecule has 3 N–H and O–H groups in total. The maximum atomic E-state index is 13.1. The fourth-order valence-corrected chi connectivity index (χ4v) is 3.84. The number of carbonyl (C=O) groups is 4. The summed E-state index contributed by atoms with van der Waals surface area (Å²) in [6.07, 6.45) is 0.232. The Morgan fingerprint density at radius 1 is 0.967 bits per heavy atom. The van der Waals surface area contributed by atoms with Crippen LogP contribution in [0.2, 0.25) is 0 Å². The van der Waals surface area contributed by atoms with Gasteiger partial charge < -0.3 is 10.6 Å². The molecule has 0 aliphatic carbocycles. The van der Waals surface area contributed by atoms with Crippen molar-refractivity contribution in [3.8, 4) is 0 Å². The van der Waals surface area contributed by atoms with Gasteiger partial charge in [-0.3, -0.25) is 29.4 Å². The summed E-state index contributed by atoms with van der Waals surface area (Å²) in [7, 11) is 1.89. The normalized spacial score (nSPS) is 18.4. The van der Waals surface area contributed by atoms with E-state index in [1.54, 1.807) is 18.2 Å². The number of carbonyl (C=O) groups excluding carboxylic acids is 4. The molecule has 1 saturated heterocycles. The zero-order valence-electron chi connectivity index (χ0n) is 16.5. The van der Waals surface area contributed by atoms with Crippen LogP contribution in [-0.2, 0) is 22.7 Å². The molecule has 2 heterocycles. The number of rotatable bonds is 6. The molecule has 0 radical (unpaired) electrons. The number of hydrogen-bond donors (Lipinski definition) is 3. The van der Waals surface area contributed by atoms with Gasteiger partial charge >= 0.3 is 0 Å². The Bertz CT molecular complexity index is 1030. The third kappa shape index (κ3) is 3.57. The summed E-state index contributed by atoms with van der Waals surface area (Å²) in [5.74, 6) is -2.03. The Balaban J connectivity index is 1.54. The highest BCUT2D eigenvalue weighted by molar-refractivity contribution is 6.25. The third-order valence-electron chi connectivity index (χ3n) is 5.35. The predicted octanol–water partition coefficient (Wildman–Crippen LogP) is 1.42. The summed E-state index contributed by atoms with van der Waals surface area (Å²) in [5, 5.41) is 8.54. The summed E-state index contributed by atoms with van der Waals surface area (Å²) >= 11 is 0. The lowest BCUT2D eigenvalue weighted by Gasteiger charge is -2.27. The van der Waals surface area contributed by atoms with Crippen molar-refractivity contribution in [1.82, 2.24) is 15.5 Å². The molecular formula is C22H22N4O4. The lowest BCUT2D eigenvalue weighted by atomic mass is 10.0. The van der Waals surface area contributed by atoms with Crippen LogP contribution in [0.1, 0.15) is 44.7 Å². The summed E-state index contributed by atoms with van der Waals surface area (Å²) in [5.41, 5.74) is 3.27. The molecule has 4 rings (SSSR count). The van der Waals surface area contributed by atoms with E-state index in [0.29, 0.717) is 12.2 Å². The Morgan fingerprint density at radius 2 is 1.67 bits per heavy atom. The molecule has 2 aliphatic heterocycles. The van der Waals surface area contributed by atoms with E-state index in [2.05, 4.69) is 16.0 Å². The van der Waals surface area contributed by atoms with E-state index < -0.39 is 29.7 Å². The Labute approximate surface area is 173 Å². The number of fused-ring (bicyclic) bond motifs is 1.